The van der Waals surface area contributed by atoms with Crippen molar-refractivity contribution < 1.29 is 20.1 Å². The predicted octanol–water partition coefficient (Wildman–Crippen LogP) is 2.52. The molecule has 2 unspecified atom stereocenters. The minimum Gasteiger partial charge on any atom is -0.392 e. The van der Waals surface area contributed by atoms with Gasteiger partial charge in [-0.3, -0.25) is 4.79 Å². The fourth-order valence-electron chi connectivity index (χ4n) is 5.11. The van der Waals surface area contributed by atoms with E-state index in [2.05, 4.69) is 6.92 Å². The highest BCUT2D eigenvalue weighted by Gasteiger charge is 2.56. The molecule has 4 atom stereocenters. The van der Waals surface area contributed by atoms with E-state index >= 15 is 0 Å². The van der Waals surface area contributed by atoms with Crippen LogP contribution >= 0.6 is 0 Å². The summed E-state index contributed by atoms with van der Waals surface area (Å²) in [7, 11) is 0. The molecule has 0 saturated heterocycles. The second-order valence-electron chi connectivity index (χ2n) is 9.29. The van der Waals surface area contributed by atoms with E-state index in [1.54, 1.807) is 26.0 Å². The van der Waals surface area contributed by atoms with Gasteiger partial charge in [0.25, 0.3) is 0 Å². The van der Waals surface area contributed by atoms with E-state index in [-0.39, 0.29) is 17.1 Å². The number of carbonyl (C=O) groups is 1. The zero-order chi connectivity index (χ0) is 18.1. The highest BCUT2D eigenvalue weighted by molar-refractivity contribution is 6.06. The Morgan fingerprint density at radius 2 is 1.79 bits per heavy atom. The van der Waals surface area contributed by atoms with E-state index in [0.717, 1.165) is 12.0 Å². The number of ketones is 1. The predicted molar refractivity (Wildman–Crippen MR) is 92.3 cm³/mol. The van der Waals surface area contributed by atoms with Crippen molar-refractivity contribution in [2.75, 3.05) is 0 Å². The van der Waals surface area contributed by atoms with Crippen LogP contribution in [-0.4, -0.2) is 38.4 Å². The molecule has 0 aliphatic heterocycles. The molecule has 3 aliphatic carbocycles. The average Bonchev–Trinajstić information content (AvgIpc) is 2.46. The summed E-state index contributed by atoms with van der Waals surface area (Å²) in [6, 6.07) is 0. The molecule has 0 radical (unpaired) electrons. The van der Waals surface area contributed by atoms with E-state index < -0.39 is 22.7 Å². The standard InChI is InChI=1S/C20H30O4/c1-17(2)15-10-14(21)12-11-20(24,18(3,4)23)9-6-13(12)19(15,5)8-7-16(17)22/h10-11,13,16,22-24H,6-9H2,1-5H3/t13?,16-,19+,20?/m1/s1. The fraction of sp³-hybridized carbons (Fsp3) is 0.750. The number of aliphatic hydroxyl groups is 3. The van der Waals surface area contributed by atoms with Crippen LogP contribution in [0, 0.1) is 16.7 Å². The van der Waals surface area contributed by atoms with Gasteiger partial charge in [0.2, 0.25) is 0 Å². The van der Waals surface area contributed by atoms with Gasteiger partial charge >= 0.3 is 0 Å². The first-order valence-corrected chi connectivity index (χ1v) is 8.95. The van der Waals surface area contributed by atoms with Gasteiger partial charge in [0.05, 0.1) is 11.7 Å². The number of rotatable bonds is 1. The van der Waals surface area contributed by atoms with Crippen LogP contribution < -0.4 is 0 Å². The molecule has 3 aliphatic rings. The van der Waals surface area contributed by atoms with Crippen LogP contribution in [0.5, 0.6) is 0 Å². The smallest absolute Gasteiger partial charge is 0.181 e. The van der Waals surface area contributed by atoms with Gasteiger partial charge < -0.3 is 15.3 Å². The lowest BCUT2D eigenvalue weighted by Crippen LogP contribution is -2.55. The van der Waals surface area contributed by atoms with Gasteiger partial charge in [-0.25, -0.2) is 0 Å². The molecule has 1 fully saturated rings. The van der Waals surface area contributed by atoms with Crippen molar-refractivity contribution in [1.29, 1.82) is 0 Å². The van der Waals surface area contributed by atoms with Gasteiger partial charge in [-0.1, -0.05) is 26.3 Å². The summed E-state index contributed by atoms with van der Waals surface area (Å²) < 4.78 is 0. The van der Waals surface area contributed by atoms with Crippen molar-refractivity contribution in [3.63, 3.8) is 0 Å². The summed E-state index contributed by atoms with van der Waals surface area (Å²) in [5.74, 6) is -0.0450. The van der Waals surface area contributed by atoms with Gasteiger partial charge in [-0.05, 0) is 63.0 Å². The van der Waals surface area contributed by atoms with Crippen LogP contribution in [0.2, 0.25) is 0 Å². The summed E-state index contributed by atoms with van der Waals surface area (Å²) in [4.78, 5) is 12.8. The summed E-state index contributed by atoms with van der Waals surface area (Å²) in [6.07, 6.45) is 5.50. The minimum atomic E-state index is -1.38. The van der Waals surface area contributed by atoms with Crippen LogP contribution in [-0.2, 0) is 4.79 Å². The molecular formula is C20H30O4. The maximum atomic E-state index is 12.8. The van der Waals surface area contributed by atoms with Crippen molar-refractivity contribution in [3.05, 3.63) is 23.3 Å². The largest absolute Gasteiger partial charge is 0.392 e. The van der Waals surface area contributed by atoms with Crippen molar-refractivity contribution >= 4 is 5.78 Å². The first-order chi connectivity index (χ1) is 10.8. The quantitative estimate of drug-likeness (QED) is 0.688. The molecule has 1 saturated carbocycles. The maximum Gasteiger partial charge on any atom is 0.181 e. The van der Waals surface area contributed by atoms with Crippen LogP contribution in [0.4, 0.5) is 0 Å². The van der Waals surface area contributed by atoms with Crippen LogP contribution in [0.25, 0.3) is 0 Å². The molecule has 0 aromatic heterocycles. The summed E-state index contributed by atoms with van der Waals surface area (Å²) in [6.45, 7) is 9.38. The lowest BCUT2D eigenvalue weighted by atomic mass is 9.49. The number of fused-ring (bicyclic) bond motifs is 3. The minimum absolute atomic E-state index is 0.0411. The Morgan fingerprint density at radius 1 is 1.17 bits per heavy atom. The Balaban J connectivity index is 2.13. The van der Waals surface area contributed by atoms with Gasteiger partial charge in [0, 0.05) is 11.0 Å². The molecule has 3 N–H and O–H groups in total. The lowest BCUT2D eigenvalue weighted by molar-refractivity contribution is -0.123. The van der Waals surface area contributed by atoms with Crippen molar-refractivity contribution in [3.8, 4) is 0 Å². The summed E-state index contributed by atoms with van der Waals surface area (Å²) >= 11 is 0. The Kier molecular flexibility index (Phi) is 3.74. The molecule has 0 aromatic rings. The van der Waals surface area contributed by atoms with Gasteiger partial charge in [-0.2, -0.15) is 0 Å². The Bertz CT molecular complexity index is 637. The molecule has 134 valence electrons. The SMILES string of the molecule is CC1(C)C2=CC(=O)C3=CC(O)(C(C)(C)O)CCC3[C@]2(C)CC[C@H]1O. The first-order valence-electron chi connectivity index (χ1n) is 8.95. The zero-order valence-electron chi connectivity index (χ0n) is 15.4. The molecule has 0 spiro atoms. The number of hydrogen-bond donors (Lipinski definition) is 3. The first kappa shape index (κ1) is 17.8. The van der Waals surface area contributed by atoms with E-state index in [0.29, 0.717) is 24.8 Å². The van der Waals surface area contributed by atoms with Crippen molar-refractivity contribution in [2.24, 2.45) is 16.7 Å². The monoisotopic (exact) mass is 334 g/mol. The molecule has 4 heteroatoms. The van der Waals surface area contributed by atoms with Crippen LogP contribution in [0.1, 0.15) is 60.3 Å². The average molecular weight is 334 g/mol. The molecule has 4 nitrogen and oxygen atoms in total. The number of carbonyl (C=O) groups excluding carboxylic acids is 1. The van der Waals surface area contributed by atoms with Crippen molar-refractivity contribution in [1.82, 2.24) is 0 Å². The van der Waals surface area contributed by atoms with Gasteiger partial charge in [-0.15, -0.1) is 0 Å². The topological polar surface area (TPSA) is 77.8 Å². The Hall–Kier alpha value is -0.970. The van der Waals surface area contributed by atoms with Gasteiger partial charge in [0.15, 0.2) is 5.78 Å². The van der Waals surface area contributed by atoms with Gasteiger partial charge in [0.1, 0.15) is 5.60 Å². The fourth-order valence-corrected chi connectivity index (χ4v) is 5.11. The van der Waals surface area contributed by atoms with Crippen molar-refractivity contribution in [2.45, 2.75) is 77.6 Å². The molecular weight excluding hydrogens is 304 g/mol. The second-order valence-corrected chi connectivity index (χ2v) is 9.29. The number of hydrogen-bond acceptors (Lipinski definition) is 4. The maximum absolute atomic E-state index is 12.8. The van der Waals surface area contributed by atoms with E-state index in [1.807, 2.05) is 13.8 Å². The third kappa shape index (κ3) is 2.27. The van der Waals surface area contributed by atoms with E-state index in [1.165, 1.54) is 0 Å². The highest BCUT2D eigenvalue weighted by atomic mass is 16.4. The Labute approximate surface area is 144 Å². The molecule has 0 heterocycles. The molecule has 3 rings (SSSR count). The molecule has 24 heavy (non-hydrogen) atoms. The highest BCUT2D eigenvalue weighted by Crippen LogP contribution is 2.60. The van der Waals surface area contributed by atoms with Crippen LogP contribution in [0.3, 0.4) is 0 Å². The zero-order valence-corrected chi connectivity index (χ0v) is 15.4. The van der Waals surface area contributed by atoms with E-state index in [9.17, 15) is 20.1 Å². The van der Waals surface area contributed by atoms with E-state index in [4.69, 9.17) is 0 Å². The third-order valence-electron chi connectivity index (χ3n) is 7.05. The molecule has 0 aromatic carbocycles. The number of allylic oxidation sites excluding steroid dienone is 2. The lowest BCUT2D eigenvalue weighted by Gasteiger charge is -2.56. The number of aliphatic hydroxyl groups excluding tert-OH is 1. The van der Waals surface area contributed by atoms with Crippen LogP contribution in [0.15, 0.2) is 23.3 Å². The third-order valence-corrected chi connectivity index (χ3v) is 7.05. The molecule has 0 bridgehead atoms. The summed E-state index contributed by atoms with van der Waals surface area (Å²) in [5.41, 5.74) is -1.60. The second kappa shape index (κ2) is 5.03. The summed E-state index contributed by atoms with van der Waals surface area (Å²) in [5, 5.41) is 31.6. The Morgan fingerprint density at radius 3 is 2.38 bits per heavy atom. The molecule has 0 amide bonds. The normalized spacial score (nSPS) is 41.9.